The molecule has 29 heavy (non-hydrogen) atoms. The van der Waals surface area contributed by atoms with Crippen molar-refractivity contribution in [1.82, 2.24) is 30.1 Å². The number of halogens is 2. The van der Waals surface area contributed by atoms with Gasteiger partial charge in [0.1, 0.15) is 5.82 Å². The van der Waals surface area contributed by atoms with E-state index < -0.39 is 11.8 Å². The smallest absolute Gasteiger partial charge is 0.257 e. The lowest BCUT2D eigenvalue weighted by Gasteiger charge is -2.14. The van der Waals surface area contributed by atoms with E-state index in [0.29, 0.717) is 23.3 Å². The Kier molecular flexibility index (Phi) is 3.93. The molecule has 3 aromatic heterocycles. The number of aromatic nitrogens is 6. The van der Waals surface area contributed by atoms with E-state index in [1.807, 2.05) is 25.1 Å². The molecule has 2 atom stereocenters. The summed E-state index contributed by atoms with van der Waals surface area (Å²) in [6, 6.07) is 9.22. The van der Waals surface area contributed by atoms with Crippen molar-refractivity contribution in [2.75, 3.05) is 10.6 Å². The average Bonchev–Trinajstić information content (AvgIpc) is 3.08. The fourth-order valence-corrected chi connectivity index (χ4v) is 3.26. The SMILES string of the molecule is C[C@H](Nc1nccc(Nc2cc(C3CC3(F)F)[nH]n2)n1)c1ccc2nc[nH]c2c1. The van der Waals surface area contributed by atoms with Crippen LogP contribution in [0.15, 0.2) is 42.9 Å². The number of anilines is 3. The van der Waals surface area contributed by atoms with Gasteiger partial charge in [-0.05, 0) is 30.7 Å². The van der Waals surface area contributed by atoms with E-state index in [9.17, 15) is 8.78 Å². The van der Waals surface area contributed by atoms with Crippen molar-refractivity contribution in [2.24, 2.45) is 0 Å². The Bertz CT molecular complexity index is 1170. The summed E-state index contributed by atoms with van der Waals surface area (Å²) in [6.07, 6.45) is 3.14. The molecular weight excluding hydrogens is 378 g/mol. The maximum atomic E-state index is 13.2. The first-order chi connectivity index (χ1) is 14.0. The molecule has 0 aliphatic heterocycles. The molecule has 0 spiro atoms. The maximum Gasteiger partial charge on any atom is 0.257 e. The number of benzene rings is 1. The largest absolute Gasteiger partial charge is 0.348 e. The average molecular weight is 396 g/mol. The number of aromatic amines is 2. The number of hydrogen-bond donors (Lipinski definition) is 4. The predicted molar refractivity (Wildman–Crippen MR) is 104 cm³/mol. The Labute approximate surface area is 164 Å². The Morgan fingerprint density at radius 3 is 2.86 bits per heavy atom. The van der Waals surface area contributed by atoms with Crippen LogP contribution in [0.25, 0.3) is 11.0 Å². The number of nitrogens with one attached hydrogen (secondary N) is 4. The van der Waals surface area contributed by atoms with Crippen LogP contribution in [0, 0.1) is 0 Å². The first-order valence-corrected chi connectivity index (χ1v) is 9.21. The van der Waals surface area contributed by atoms with Gasteiger partial charge in [0, 0.05) is 24.4 Å². The zero-order chi connectivity index (χ0) is 20.0. The van der Waals surface area contributed by atoms with E-state index in [2.05, 4.69) is 40.8 Å². The van der Waals surface area contributed by atoms with E-state index >= 15 is 0 Å². The molecule has 1 aromatic carbocycles. The highest BCUT2D eigenvalue weighted by molar-refractivity contribution is 5.75. The molecule has 1 fully saturated rings. The highest BCUT2D eigenvalue weighted by atomic mass is 19.3. The second kappa shape index (κ2) is 6.50. The van der Waals surface area contributed by atoms with Gasteiger partial charge in [-0.25, -0.2) is 18.7 Å². The Hall–Kier alpha value is -3.56. The maximum absolute atomic E-state index is 13.2. The zero-order valence-corrected chi connectivity index (χ0v) is 15.4. The topological polar surface area (TPSA) is 107 Å². The summed E-state index contributed by atoms with van der Waals surface area (Å²) in [5, 5.41) is 13.0. The van der Waals surface area contributed by atoms with Crippen LogP contribution in [0.5, 0.6) is 0 Å². The second-order valence-corrected chi connectivity index (χ2v) is 7.16. The van der Waals surface area contributed by atoms with Gasteiger partial charge < -0.3 is 15.6 Å². The Morgan fingerprint density at radius 1 is 1.17 bits per heavy atom. The third-order valence-corrected chi connectivity index (χ3v) is 5.00. The highest BCUT2D eigenvalue weighted by Gasteiger charge is 2.58. The third kappa shape index (κ3) is 3.48. The standard InChI is InChI=1S/C19H18F2N8/c1-10(11-2-3-13-15(6-11)24-9-23-13)25-18-22-5-4-16(27-18)26-17-7-14(28-29-17)12-8-19(12,20)21/h2-7,9-10,12H,8H2,1H3,(H,23,24)(H3,22,25,26,27,28,29)/t10-,12?/m0/s1. The molecule has 0 bridgehead atoms. The molecule has 3 heterocycles. The van der Waals surface area contributed by atoms with E-state index in [1.54, 1.807) is 24.7 Å². The zero-order valence-electron chi connectivity index (χ0n) is 15.4. The number of fused-ring (bicyclic) bond motifs is 1. The van der Waals surface area contributed by atoms with E-state index in [4.69, 9.17) is 0 Å². The van der Waals surface area contributed by atoms with Crippen molar-refractivity contribution in [3.8, 4) is 0 Å². The van der Waals surface area contributed by atoms with Crippen molar-refractivity contribution in [3.05, 3.63) is 54.1 Å². The molecular formula is C19H18F2N8. The van der Waals surface area contributed by atoms with Gasteiger partial charge in [-0.2, -0.15) is 10.1 Å². The third-order valence-electron chi connectivity index (χ3n) is 5.00. The number of imidazole rings is 1. The second-order valence-electron chi connectivity index (χ2n) is 7.16. The Morgan fingerprint density at radius 2 is 2.03 bits per heavy atom. The molecule has 8 nitrogen and oxygen atoms in total. The fraction of sp³-hybridized carbons (Fsp3) is 0.263. The Balaban J connectivity index is 1.28. The summed E-state index contributed by atoms with van der Waals surface area (Å²) >= 11 is 0. The van der Waals surface area contributed by atoms with E-state index in [-0.39, 0.29) is 12.5 Å². The molecule has 0 amide bonds. The molecule has 1 aliphatic rings. The summed E-state index contributed by atoms with van der Waals surface area (Å²) in [5.41, 5.74) is 3.35. The lowest BCUT2D eigenvalue weighted by molar-refractivity contribution is 0.111. The van der Waals surface area contributed by atoms with Gasteiger partial charge in [-0.1, -0.05) is 6.07 Å². The van der Waals surface area contributed by atoms with Crippen LogP contribution in [0.1, 0.15) is 36.6 Å². The summed E-state index contributed by atoms with van der Waals surface area (Å²) in [5.74, 6) is -2.02. The van der Waals surface area contributed by atoms with Crippen molar-refractivity contribution in [1.29, 1.82) is 0 Å². The molecule has 0 saturated heterocycles. The van der Waals surface area contributed by atoms with Crippen LogP contribution in [0.3, 0.4) is 0 Å². The molecule has 4 N–H and O–H groups in total. The highest BCUT2D eigenvalue weighted by Crippen LogP contribution is 2.55. The van der Waals surface area contributed by atoms with Crippen molar-refractivity contribution >= 4 is 28.6 Å². The molecule has 148 valence electrons. The van der Waals surface area contributed by atoms with E-state index in [0.717, 1.165) is 16.6 Å². The fourth-order valence-electron chi connectivity index (χ4n) is 3.26. The van der Waals surface area contributed by atoms with Gasteiger partial charge in [0.05, 0.1) is 29.3 Å². The van der Waals surface area contributed by atoms with Gasteiger partial charge in [0.2, 0.25) is 5.95 Å². The normalized spacial score (nSPS) is 18.5. The molecule has 1 aliphatic carbocycles. The van der Waals surface area contributed by atoms with Crippen molar-refractivity contribution < 1.29 is 8.78 Å². The lowest BCUT2D eigenvalue weighted by Crippen LogP contribution is -2.10. The molecule has 1 saturated carbocycles. The quantitative estimate of drug-likeness (QED) is 0.391. The summed E-state index contributed by atoms with van der Waals surface area (Å²) in [4.78, 5) is 16.0. The number of nitrogens with zero attached hydrogens (tertiary/aromatic N) is 4. The first kappa shape index (κ1) is 17.5. The van der Waals surface area contributed by atoms with Gasteiger partial charge in [-0.15, -0.1) is 0 Å². The minimum absolute atomic E-state index is 0.0352. The molecule has 10 heteroatoms. The van der Waals surface area contributed by atoms with E-state index in [1.165, 1.54) is 0 Å². The minimum Gasteiger partial charge on any atom is -0.348 e. The minimum atomic E-state index is -2.63. The van der Waals surface area contributed by atoms with Gasteiger partial charge in [0.15, 0.2) is 5.82 Å². The van der Waals surface area contributed by atoms with Gasteiger partial charge in [-0.3, -0.25) is 5.10 Å². The summed E-state index contributed by atoms with van der Waals surface area (Å²) in [6.45, 7) is 2.01. The van der Waals surface area contributed by atoms with Crippen LogP contribution in [-0.2, 0) is 0 Å². The van der Waals surface area contributed by atoms with Crippen molar-refractivity contribution in [3.63, 3.8) is 0 Å². The molecule has 1 unspecified atom stereocenters. The lowest BCUT2D eigenvalue weighted by atomic mass is 10.1. The molecule has 5 rings (SSSR count). The number of rotatable bonds is 6. The summed E-state index contributed by atoms with van der Waals surface area (Å²) < 4.78 is 26.4. The molecule has 0 radical (unpaired) electrons. The summed E-state index contributed by atoms with van der Waals surface area (Å²) in [7, 11) is 0. The van der Waals surface area contributed by atoms with Crippen LogP contribution < -0.4 is 10.6 Å². The van der Waals surface area contributed by atoms with Gasteiger partial charge >= 0.3 is 0 Å². The molecule has 4 aromatic rings. The van der Waals surface area contributed by atoms with Crippen LogP contribution >= 0.6 is 0 Å². The van der Waals surface area contributed by atoms with Gasteiger partial charge in [0.25, 0.3) is 5.92 Å². The van der Waals surface area contributed by atoms with Crippen molar-refractivity contribution in [2.45, 2.75) is 31.2 Å². The van der Waals surface area contributed by atoms with Crippen LogP contribution in [0.4, 0.5) is 26.4 Å². The number of hydrogen-bond acceptors (Lipinski definition) is 6. The number of alkyl halides is 2. The first-order valence-electron chi connectivity index (χ1n) is 9.21. The predicted octanol–water partition coefficient (Wildman–Crippen LogP) is 4.12. The van der Waals surface area contributed by atoms with Crippen LogP contribution in [0.2, 0.25) is 0 Å². The monoisotopic (exact) mass is 396 g/mol. The number of H-pyrrole nitrogens is 2. The van der Waals surface area contributed by atoms with Crippen LogP contribution in [-0.4, -0.2) is 36.1 Å².